The van der Waals surface area contributed by atoms with Crippen LogP contribution in [0.1, 0.15) is 66.2 Å². The van der Waals surface area contributed by atoms with Gasteiger partial charge in [-0.3, -0.25) is 4.90 Å². The van der Waals surface area contributed by atoms with Gasteiger partial charge in [0.25, 0.3) is 0 Å². The summed E-state index contributed by atoms with van der Waals surface area (Å²) in [5.74, 6) is 0. The van der Waals surface area contributed by atoms with E-state index in [1.54, 1.807) is 0 Å². The van der Waals surface area contributed by atoms with Crippen molar-refractivity contribution >= 4 is 0 Å². The Morgan fingerprint density at radius 2 is 2.05 bits per heavy atom. The molecule has 3 atom stereocenters. The van der Waals surface area contributed by atoms with Crippen LogP contribution in [0.15, 0.2) is 0 Å². The molecule has 0 saturated carbocycles. The van der Waals surface area contributed by atoms with Gasteiger partial charge in [-0.15, -0.1) is 0 Å². The quantitative estimate of drug-likeness (QED) is 0.812. The molecule has 0 aromatic carbocycles. The second kappa shape index (κ2) is 7.94. The summed E-state index contributed by atoms with van der Waals surface area (Å²) in [5.41, 5.74) is 0.355. The minimum Gasteiger partial charge on any atom is -0.378 e. The van der Waals surface area contributed by atoms with Crippen LogP contribution in [0.3, 0.4) is 0 Å². The predicted molar refractivity (Wildman–Crippen MR) is 89.7 cm³/mol. The predicted octanol–water partition coefficient (Wildman–Crippen LogP) is 3.43. The maximum Gasteiger partial charge on any atom is 0.0576 e. The molecule has 2 rings (SSSR count). The fourth-order valence-corrected chi connectivity index (χ4v) is 3.92. The first-order chi connectivity index (χ1) is 10.0. The summed E-state index contributed by atoms with van der Waals surface area (Å²) in [7, 11) is 0. The lowest BCUT2D eigenvalue weighted by atomic mass is 9.83. The summed E-state index contributed by atoms with van der Waals surface area (Å²) in [6.07, 6.45) is 8.22. The summed E-state index contributed by atoms with van der Waals surface area (Å²) in [6, 6.07) is 1.35. The topological polar surface area (TPSA) is 24.5 Å². The van der Waals surface area contributed by atoms with Gasteiger partial charge >= 0.3 is 0 Å². The monoisotopic (exact) mass is 296 g/mol. The first-order valence-electron chi connectivity index (χ1n) is 9.09. The molecule has 21 heavy (non-hydrogen) atoms. The molecule has 0 spiro atoms. The van der Waals surface area contributed by atoms with Crippen LogP contribution in [-0.2, 0) is 4.74 Å². The highest BCUT2D eigenvalue weighted by Crippen LogP contribution is 2.28. The molecule has 2 aliphatic rings. The van der Waals surface area contributed by atoms with Crippen LogP contribution < -0.4 is 5.32 Å². The van der Waals surface area contributed by atoms with E-state index in [1.807, 2.05) is 0 Å². The van der Waals surface area contributed by atoms with E-state index in [0.717, 1.165) is 13.2 Å². The summed E-state index contributed by atoms with van der Waals surface area (Å²) < 4.78 is 5.77. The van der Waals surface area contributed by atoms with Crippen molar-refractivity contribution in [2.24, 2.45) is 5.41 Å². The maximum absolute atomic E-state index is 5.77. The average Bonchev–Trinajstić information content (AvgIpc) is 2.91. The fraction of sp³-hybridized carbons (Fsp3) is 1.00. The van der Waals surface area contributed by atoms with Crippen molar-refractivity contribution in [3.63, 3.8) is 0 Å². The van der Waals surface area contributed by atoms with Crippen molar-refractivity contribution in [2.45, 2.75) is 84.4 Å². The number of hydrogen-bond donors (Lipinski definition) is 1. The van der Waals surface area contributed by atoms with Crippen molar-refractivity contribution < 1.29 is 4.74 Å². The SMILES string of the molecule is CCCC1CN(CCCC2CCCO2)C(C(C)(C)C)CN1. The standard InChI is InChI=1S/C18H36N2O/c1-5-8-15-14-20(17(13-19-15)18(2,3)4)11-6-9-16-10-7-12-21-16/h15-17,19H,5-14H2,1-4H3. The number of piperazine rings is 1. The lowest BCUT2D eigenvalue weighted by Crippen LogP contribution is -2.60. The van der Waals surface area contributed by atoms with E-state index in [9.17, 15) is 0 Å². The second-order valence-corrected chi connectivity index (χ2v) is 8.05. The molecule has 0 aromatic rings. The minimum atomic E-state index is 0.355. The van der Waals surface area contributed by atoms with E-state index in [-0.39, 0.29) is 0 Å². The van der Waals surface area contributed by atoms with Gasteiger partial charge in [0, 0.05) is 31.8 Å². The van der Waals surface area contributed by atoms with Gasteiger partial charge in [0.15, 0.2) is 0 Å². The molecule has 3 heteroatoms. The first-order valence-corrected chi connectivity index (χ1v) is 9.09. The molecular formula is C18H36N2O. The zero-order valence-electron chi connectivity index (χ0n) is 14.7. The lowest BCUT2D eigenvalue weighted by molar-refractivity contribution is 0.0456. The van der Waals surface area contributed by atoms with Crippen molar-refractivity contribution in [1.29, 1.82) is 0 Å². The highest BCUT2D eigenvalue weighted by Gasteiger charge is 2.34. The Morgan fingerprint density at radius 1 is 1.24 bits per heavy atom. The van der Waals surface area contributed by atoms with Crippen LogP contribution in [0.5, 0.6) is 0 Å². The largest absolute Gasteiger partial charge is 0.378 e. The Balaban J connectivity index is 1.83. The molecule has 1 N–H and O–H groups in total. The number of nitrogens with one attached hydrogen (secondary N) is 1. The van der Waals surface area contributed by atoms with E-state index in [0.29, 0.717) is 23.6 Å². The maximum atomic E-state index is 5.77. The molecular weight excluding hydrogens is 260 g/mol. The molecule has 2 fully saturated rings. The molecule has 124 valence electrons. The normalized spacial score (nSPS) is 31.7. The zero-order chi connectivity index (χ0) is 15.3. The molecule has 0 aliphatic carbocycles. The fourth-order valence-electron chi connectivity index (χ4n) is 3.92. The lowest BCUT2D eigenvalue weighted by Gasteiger charge is -2.46. The van der Waals surface area contributed by atoms with E-state index in [2.05, 4.69) is 37.9 Å². The second-order valence-electron chi connectivity index (χ2n) is 8.05. The Hall–Kier alpha value is -0.120. The average molecular weight is 296 g/mol. The van der Waals surface area contributed by atoms with Crippen LogP contribution >= 0.6 is 0 Å². The van der Waals surface area contributed by atoms with Gasteiger partial charge in [-0.25, -0.2) is 0 Å². The van der Waals surface area contributed by atoms with E-state index in [4.69, 9.17) is 4.74 Å². The van der Waals surface area contributed by atoms with Gasteiger partial charge in [0.2, 0.25) is 0 Å². The summed E-state index contributed by atoms with van der Waals surface area (Å²) in [6.45, 7) is 14.0. The van der Waals surface area contributed by atoms with Gasteiger partial charge in [-0.1, -0.05) is 34.1 Å². The Bertz CT molecular complexity index is 294. The molecule has 2 heterocycles. The third-order valence-corrected chi connectivity index (χ3v) is 5.13. The molecule has 0 bridgehead atoms. The van der Waals surface area contributed by atoms with Gasteiger partial charge in [0.1, 0.15) is 0 Å². The smallest absolute Gasteiger partial charge is 0.0576 e. The van der Waals surface area contributed by atoms with Gasteiger partial charge in [-0.2, -0.15) is 0 Å². The van der Waals surface area contributed by atoms with Crippen LogP contribution in [0, 0.1) is 5.41 Å². The van der Waals surface area contributed by atoms with Crippen LogP contribution in [0.4, 0.5) is 0 Å². The highest BCUT2D eigenvalue weighted by molar-refractivity contribution is 4.92. The van der Waals surface area contributed by atoms with E-state index < -0.39 is 0 Å². The molecule has 2 saturated heterocycles. The Morgan fingerprint density at radius 3 is 2.67 bits per heavy atom. The number of ether oxygens (including phenoxy) is 1. The van der Waals surface area contributed by atoms with E-state index in [1.165, 1.54) is 51.6 Å². The number of nitrogens with zero attached hydrogens (tertiary/aromatic N) is 1. The zero-order valence-corrected chi connectivity index (χ0v) is 14.7. The van der Waals surface area contributed by atoms with E-state index >= 15 is 0 Å². The van der Waals surface area contributed by atoms with Crippen LogP contribution in [-0.4, -0.2) is 49.3 Å². The minimum absolute atomic E-state index is 0.355. The Kier molecular flexibility index (Phi) is 6.51. The van der Waals surface area contributed by atoms with Gasteiger partial charge < -0.3 is 10.1 Å². The van der Waals surface area contributed by atoms with Crippen LogP contribution in [0.2, 0.25) is 0 Å². The highest BCUT2D eigenvalue weighted by atomic mass is 16.5. The molecule has 0 amide bonds. The summed E-state index contributed by atoms with van der Waals surface area (Å²) in [5, 5.41) is 3.77. The molecule has 3 unspecified atom stereocenters. The first kappa shape index (κ1) is 17.2. The third-order valence-electron chi connectivity index (χ3n) is 5.13. The number of rotatable bonds is 6. The molecule has 0 radical (unpaired) electrons. The van der Waals surface area contributed by atoms with Crippen LogP contribution in [0.25, 0.3) is 0 Å². The molecule has 3 nitrogen and oxygen atoms in total. The van der Waals surface area contributed by atoms with Crippen molar-refractivity contribution in [2.75, 3.05) is 26.2 Å². The van der Waals surface area contributed by atoms with Gasteiger partial charge in [-0.05, 0) is 44.1 Å². The summed E-state index contributed by atoms with van der Waals surface area (Å²) in [4.78, 5) is 2.76. The molecule has 2 aliphatic heterocycles. The Labute approximate surface area is 131 Å². The van der Waals surface area contributed by atoms with Crippen molar-refractivity contribution in [3.05, 3.63) is 0 Å². The number of hydrogen-bond acceptors (Lipinski definition) is 3. The summed E-state index contributed by atoms with van der Waals surface area (Å²) >= 11 is 0. The van der Waals surface area contributed by atoms with Crippen molar-refractivity contribution in [3.8, 4) is 0 Å². The third kappa shape index (κ3) is 5.22. The van der Waals surface area contributed by atoms with Gasteiger partial charge in [0.05, 0.1) is 6.10 Å². The molecule has 0 aromatic heterocycles. The van der Waals surface area contributed by atoms with Crippen molar-refractivity contribution in [1.82, 2.24) is 10.2 Å².